The predicted octanol–water partition coefficient (Wildman–Crippen LogP) is 4.96. The molecule has 1 amide bonds. The van der Waals surface area contributed by atoms with Crippen molar-refractivity contribution in [2.45, 2.75) is 56.1 Å². The topological polar surface area (TPSA) is 59.8 Å². The van der Waals surface area contributed by atoms with Gasteiger partial charge in [0.2, 0.25) is 5.91 Å². The number of aryl methyl sites for hydroxylation is 2. The molecule has 1 aromatic carbocycles. The second kappa shape index (κ2) is 9.27. The molecule has 0 aliphatic heterocycles. The summed E-state index contributed by atoms with van der Waals surface area (Å²) in [7, 11) is 2.00. The Morgan fingerprint density at radius 3 is 2.45 bits per heavy atom. The molecule has 2 heterocycles. The largest absolute Gasteiger partial charge is 0.354 e. The van der Waals surface area contributed by atoms with Gasteiger partial charge in [0.25, 0.3) is 0 Å². The zero-order chi connectivity index (χ0) is 21.0. The molecule has 0 saturated carbocycles. The summed E-state index contributed by atoms with van der Waals surface area (Å²) in [4.78, 5) is 21.1. The molecule has 5 nitrogen and oxygen atoms in total. The van der Waals surface area contributed by atoms with Crippen LogP contribution in [0.2, 0.25) is 0 Å². The third-order valence-corrected chi connectivity index (χ3v) is 5.79. The minimum Gasteiger partial charge on any atom is -0.354 e. The summed E-state index contributed by atoms with van der Waals surface area (Å²) in [6.45, 7) is 8.07. The number of nitrogens with zero attached hydrogens (tertiary/aromatic N) is 3. The van der Waals surface area contributed by atoms with Crippen LogP contribution in [0.3, 0.4) is 0 Å². The van der Waals surface area contributed by atoms with E-state index in [1.165, 1.54) is 0 Å². The molecule has 1 unspecified atom stereocenters. The van der Waals surface area contributed by atoms with Crippen molar-refractivity contribution in [3.8, 4) is 11.3 Å². The summed E-state index contributed by atoms with van der Waals surface area (Å²) >= 11 is 1.61. The number of carbonyl (C=O) groups is 1. The normalized spacial score (nSPS) is 12.2. The van der Waals surface area contributed by atoms with Crippen LogP contribution in [0.4, 0.5) is 0 Å². The number of rotatable bonds is 7. The first kappa shape index (κ1) is 21.1. The Morgan fingerprint density at radius 2 is 1.83 bits per heavy atom. The van der Waals surface area contributed by atoms with Crippen molar-refractivity contribution in [2.75, 3.05) is 0 Å². The summed E-state index contributed by atoms with van der Waals surface area (Å²) in [6.07, 6.45) is 4.20. The Hall–Kier alpha value is -2.60. The number of carbonyl (C=O) groups excluding carboxylic acids is 1. The van der Waals surface area contributed by atoms with Gasteiger partial charge in [0, 0.05) is 31.3 Å². The van der Waals surface area contributed by atoms with Crippen LogP contribution < -0.4 is 5.32 Å². The summed E-state index contributed by atoms with van der Waals surface area (Å²) in [5.41, 5.74) is 4.30. The van der Waals surface area contributed by atoms with Crippen LogP contribution in [0.5, 0.6) is 0 Å². The number of pyridine rings is 1. The fraction of sp³-hybridized carbons (Fsp3) is 0.348. The zero-order valence-corrected chi connectivity index (χ0v) is 18.5. The second-order valence-corrected chi connectivity index (χ2v) is 8.74. The van der Waals surface area contributed by atoms with Crippen molar-refractivity contribution in [1.82, 2.24) is 19.9 Å². The van der Waals surface area contributed by atoms with Crippen molar-refractivity contribution in [3.05, 3.63) is 60.0 Å². The Labute approximate surface area is 177 Å². The molecule has 0 aliphatic rings. The average molecular weight is 409 g/mol. The van der Waals surface area contributed by atoms with Gasteiger partial charge in [-0.3, -0.25) is 4.79 Å². The van der Waals surface area contributed by atoms with Crippen LogP contribution in [0.1, 0.15) is 44.2 Å². The van der Waals surface area contributed by atoms with Crippen molar-refractivity contribution in [3.63, 3.8) is 0 Å². The van der Waals surface area contributed by atoms with Gasteiger partial charge in [-0.1, -0.05) is 37.3 Å². The molecule has 2 aromatic heterocycles. The zero-order valence-electron chi connectivity index (χ0n) is 17.6. The number of aromatic nitrogens is 3. The van der Waals surface area contributed by atoms with E-state index in [0.29, 0.717) is 6.42 Å². The molecule has 0 aliphatic carbocycles. The number of benzene rings is 1. The summed E-state index contributed by atoms with van der Waals surface area (Å²) < 4.78 is 2.02. The number of amides is 1. The lowest BCUT2D eigenvalue weighted by molar-refractivity contribution is -0.121. The van der Waals surface area contributed by atoms with Gasteiger partial charge in [-0.25, -0.2) is 9.97 Å². The van der Waals surface area contributed by atoms with Gasteiger partial charge in [-0.05, 0) is 55.6 Å². The van der Waals surface area contributed by atoms with Crippen LogP contribution in [-0.4, -0.2) is 26.5 Å². The van der Waals surface area contributed by atoms with E-state index in [1.54, 1.807) is 11.8 Å². The molecule has 29 heavy (non-hydrogen) atoms. The first-order chi connectivity index (χ1) is 13.8. The van der Waals surface area contributed by atoms with E-state index in [-0.39, 0.29) is 17.9 Å². The van der Waals surface area contributed by atoms with E-state index >= 15 is 0 Å². The molecule has 3 rings (SSSR count). The molecule has 3 aromatic rings. The third-order valence-electron chi connectivity index (χ3n) is 4.66. The van der Waals surface area contributed by atoms with E-state index in [1.807, 2.05) is 51.0 Å². The smallest absolute Gasteiger partial charge is 0.220 e. The minimum atomic E-state index is 0.0885. The van der Waals surface area contributed by atoms with Crippen molar-refractivity contribution < 1.29 is 4.79 Å². The quantitative estimate of drug-likeness (QED) is 0.600. The second-order valence-electron chi connectivity index (χ2n) is 7.73. The maximum Gasteiger partial charge on any atom is 0.220 e. The first-order valence-electron chi connectivity index (χ1n) is 9.85. The van der Waals surface area contributed by atoms with Crippen molar-refractivity contribution in [2.24, 2.45) is 7.05 Å². The van der Waals surface area contributed by atoms with Gasteiger partial charge in [0.1, 0.15) is 15.7 Å². The number of imidazole rings is 1. The highest BCUT2D eigenvalue weighted by Crippen LogP contribution is 2.34. The Balaban J connectivity index is 1.76. The molecule has 0 bridgehead atoms. The molecule has 1 atom stereocenters. The van der Waals surface area contributed by atoms with E-state index < -0.39 is 0 Å². The third kappa shape index (κ3) is 5.48. The fourth-order valence-corrected chi connectivity index (χ4v) is 4.00. The van der Waals surface area contributed by atoms with E-state index in [2.05, 4.69) is 52.5 Å². The van der Waals surface area contributed by atoms with Crippen LogP contribution in [0, 0.1) is 6.92 Å². The minimum absolute atomic E-state index is 0.0885. The maximum absolute atomic E-state index is 12.0. The van der Waals surface area contributed by atoms with Crippen LogP contribution in [0.15, 0.2) is 59.0 Å². The lowest BCUT2D eigenvalue weighted by Gasteiger charge is -2.14. The van der Waals surface area contributed by atoms with E-state index in [9.17, 15) is 4.79 Å². The molecule has 0 radical (unpaired) electrons. The lowest BCUT2D eigenvalue weighted by Crippen LogP contribution is -2.30. The summed E-state index contributed by atoms with van der Waals surface area (Å²) in [6, 6.07) is 12.6. The van der Waals surface area contributed by atoms with Crippen molar-refractivity contribution in [1.29, 1.82) is 0 Å². The van der Waals surface area contributed by atoms with Gasteiger partial charge in [-0.2, -0.15) is 0 Å². The molecular weight excluding hydrogens is 380 g/mol. The Bertz CT molecular complexity index is 962. The summed E-state index contributed by atoms with van der Waals surface area (Å²) in [5, 5.41) is 4.96. The van der Waals surface area contributed by atoms with Gasteiger partial charge in [0.05, 0.1) is 6.33 Å². The molecule has 0 spiro atoms. The molecule has 0 fully saturated rings. The monoisotopic (exact) mass is 408 g/mol. The van der Waals surface area contributed by atoms with Gasteiger partial charge >= 0.3 is 0 Å². The fourth-order valence-electron chi connectivity index (χ4n) is 3.10. The highest BCUT2D eigenvalue weighted by atomic mass is 32.2. The SMILES string of the molecule is Cc1ccc(Sc2c(-c3ccc(C(C)CC(=O)NC(C)C)cc3)ncn2C)nc1. The number of nitrogens with one attached hydrogen (secondary N) is 1. The predicted molar refractivity (Wildman–Crippen MR) is 118 cm³/mol. The highest BCUT2D eigenvalue weighted by molar-refractivity contribution is 7.99. The van der Waals surface area contributed by atoms with Crippen LogP contribution in [-0.2, 0) is 11.8 Å². The van der Waals surface area contributed by atoms with E-state index in [4.69, 9.17) is 0 Å². The van der Waals surface area contributed by atoms with E-state index in [0.717, 1.165) is 32.4 Å². The first-order valence-corrected chi connectivity index (χ1v) is 10.7. The Morgan fingerprint density at radius 1 is 1.10 bits per heavy atom. The van der Waals surface area contributed by atoms with Gasteiger partial charge in [-0.15, -0.1) is 0 Å². The molecule has 0 saturated heterocycles. The number of hydrogen-bond acceptors (Lipinski definition) is 4. The number of hydrogen-bond donors (Lipinski definition) is 1. The lowest BCUT2D eigenvalue weighted by atomic mass is 9.96. The molecule has 1 N–H and O–H groups in total. The van der Waals surface area contributed by atoms with Crippen LogP contribution in [0.25, 0.3) is 11.3 Å². The highest BCUT2D eigenvalue weighted by Gasteiger charge is 2.15. The standard InChI is InChI=1S/C23H28N4OS/c1-15(2)26-20(28)12-17(4)18-7-9-19(10-8-18)22-23(27(5)14-25-22)29-21-11-6-16(3)13-24-21/h6-11,13-15,17H,12H2,1-5H3,(H,26,28). The average Bonchev–Trinajstić information content (AvgIpc) is 3.03. The van der Waals surface area contributed by atoms with Crippen molar-refractivity contribution >= 4 is 17.7 Å². The van der Waals surface area contributed by atoms with Gasteiger partial charge < -0.3 is 9.88 Å². The van der Waals surface area contributed by atoms with Crippen LogP contribution >= 0.6 is 11.8 Å². The molecule has 6 heteroatoms. The summed E-state index contributed by atoms with van der Waals surface area (Å²) in [5.74, 6) is 0.253. The maximum atomic E-state index is 12.0. The molecule has 152 valence electrons. The van der Waals surface area contributed by atoms with Gasteiger partial charge in [0.15, 0.2) is 0 Å². The molecular formula is C23H28N4OS. The Kier molecular flexibility index (Phi) is 6.75.